The Balaban J connectivity index is 1.99. The van der Waals surface area contributed by atoms with Gasteiger partial charge < -0.3 is 14.7 Å². The molecule has 1 aromatic rings. The number of ether oxygens (including phenoxy) is 1. The number of piperidine rings is 1. The fourth-order valence-electron chi connectivity index (χ4n) is 2.75. The lowest BCUT2D eigenvalue weighted by molar-refractivity contribution is -0.0459. The molecule has 1 N–H and O–H groups in total. The molecule has 0 aliphatic carbocycles. The molecular weight excluding hydrogens is 316 g/mol. The van der Waals surface area contributed by atoms with E-state index in [1.807, 2.05) is 33.8 Å². The van der Waals surface area contributed by atoms with Crippen LogP contribution in [0.2, 0.25) is 5.02 Å². The molecule has 2 heterocycles. The van der Waals surface area contributed by atoms with Gasteiger partial charge >= 0.3 is 6.09 Å². The summed E-state index contributed by atoms with van der Waals surface area (Å²) in [5.74, 6) is -0.124. The molecule has 0 bridgehead atoms. The van der Waals surface area contributed by atoms with E-state index in [9.17, 15) is 9.90 Å². The van der Waals surface area contributed by atoms with E-state index in [0.29, 0.717) is 31.0 Å². The number of hydrogen-bond donors (Lipinski definition) is 1. The van der Waals surface area contributed by atoms with Crippen LogP contribution in [-0.4, -0.2) is 45.4 Å². The van der Waals surface area contributed by atoms with E-state index in [1.54, 1.807) is 17.2 Å². The molecular formula is C17H25ClN2O3. The van der Waals surface area contributed by atoms with E-state index < -0.39 is 11.2 Å². The van der Waals surface area contributed by atoms with Gasteiger partial charge in [0.25, 0.3) is 0 Å². The third kappa shape index (κ3) is 4.58. The van der Waals surface area contributed by atoms with Gasteiger partial charge in [-0.15, -0.1) is 0 Å². The highest BCUT2D eigenvalue weighted by molar-refractivity contribution is 6.30. The number of likely N-dealkylation sites (tertiary alicyclic amines) is 1. The molecule has 1 aliphatic rings. The number of aromatic nitrogens is 1. The molecule has 1 atom stereocenters. The predicted octanol–water partition coefficient (Wildman–Crippen LogP) is 3.60. The third-order valence-corrected chi connectivity index (χ3v) is 4.50. The lowest BCUT2D eigenvalue weighted by Gasteiger charge is -2.41. The van der Waals surface area contributed by atoms with Crippen LogP contribution in [0.15, 0.2) is 18.3 Å². The maximum Gasteiger partial charge on any atom is 0.410 e. The average molecular weight is 341 g/mol. The van der Waals surface area contributed by atoms with Crippen LogP contribution in [0.1, 0.15) is 52.1 Å². The van der Waals surface area contributed by atoms with E-state index >= 15 is 0 Å². The molecule has 1 saturated heterocycles. The number of aliphatic hydroxyl groups is 1. The van der Waals surface area contributed by atoms with Crippen molar-refractivity contribution in [3.05, 3.63) is 29.0 Å². The second-order valence-electron chi connectivity index (χ2n) is 7.19. The number of pyridine rings is 1. The quantitative estimate of drug-likeness (QED) is 0.893. The lowest BCUT2D eigenvalue weighted by Crippen LogP contribution is -2.50. The summed E-state index contributed by atoms with van der Waals surface area (Å²) < 4.78 is 5.38. The SMILES string of the molecule is CC(c1ccc(Cl)cn1)C1(O)CCN(C(=O)OC(C)(C)C)CC1. The molecule has 128 valence electrons. The highest BCUT2D eigenvalue weighted by atomic mass is 35.5. The number of hydrogen-bond acceptors (Lipinski definition) is 4. The van der Waals surface area contributed by atoms with Crippen LogP contribution in [0.5, 0.6) is 0 Å². The van der Waals surface area contributed by atoms with E-state index in [-0.39, 0.29) is 12.0 Å². The zero-order chi connectivity index (χ0) is 17.3. The monoisotopic (exact) mass is 340 g/mol. The highest BCUT2D eigenvalue weighted by Crippen LogP contribution is 2.36. The Morgan fingerprint density at radius 3 is 2.48 bits per heavy atom. The first-order chi connectivity index (χ1) is 10.6. The van der Waals surface area contributed by atoms with Crippen LogP contribution in [-0.2, 0) is 4.74 Å². The molecule has 1 aliphatic heterocycles. The van der Waals surface area contributed by atoms with Crippen molar-refractivity contribution in [3.8, 4) is 0 Å². The molecule has 0 radical (unpaired) electrons. The van der Waals surface area contributed by atoms with Gasteiger partial charge in [0.15, 0.2) is 0 Å². The molecule has 6 heteroatoms. The Bertz CT molecular complexity index is 546. The smallest absolute Gasteiger partial charge is 0.410 e. The second-order valence-corrected chi connectivity index (χ2v) is 7.63. The van der Waals surface area contributed by atoms with E-state index in [4.69, 9.17) is 16.3 Å². The topological polar surface area (TPSA) is 62.7 Å². The summed E-state index contributed by atoms with van der Waals surface area (Å²) in [5.41, 5.74) is -0.576. The first kappa shape index (κ1) is 18.0. The van der Waals surface area contributed by atoms with Crippen LogP contribution >= 0.6 is 11.6 Å². The van der Waals surface area contributed by atoms with Gasteiger partial charge in [0.05, 0.1) is 10.6 Å². The lowest BCUT2D eigenvalue weighted by atomic mass is 9.78. The minimum atomic E-state index is -0.876. The third-order valence-electron chi connectivity index (χ3n) is 4.28. The standard InChI is InChI=1S/C17H25ClN2O3/c1-12(14-6-5-13(18)11-19-14)17(22)7-9-20(10-8-17)15(21)23-16(2,3)4/h5-6,11-12,22H,7-10H2,1-4H3. The summed E-state index contributed by atoms with van der Waals surface area (Å²) in [6.07, 6.45) is 2.26. The van der Waals surface area contributed by atoms with Crippen LogP contribution < -0.4 is 0 Å². The minimum absolute atomic E-state index is 0.124. The normalized spacial score (nSPS) is 19.3. The predicted molar refractivity (Wildman–Crippen MR) is 89.7 cm³/mol. The molecule has 0 spiro atoms. The van der Waals surface area contributed by atoms with E-state index in [2.05, 4.69) is 4.98 Å². The molecule has 23 heavy (non-hydrogen) atoms. The first-order valence-electron chi connectivity index (χ1n) is 7.92. The summed E-state index contributed by atoms with van der Waals surface area (Å²) in [6.45, 7) is 8.45. The zero-order valence-corrected chi connectivity index (χ0v) is 14.9. The molecule has 5 nitrogen and oxygen atoms in total. The summed E-state index contributed by atoms with van der Waals surface area (Å²) in [4.78, 5) is 18.1. The number of carbonyl (C=O) groups is 1. The molecule has 1 fully saturated rings. The van der Waals surface area contributed by atoms with E-state index in [0.717, 1.165) is 5.69 Å². The van der Waals surface area contributed by atoms with Gasteiger partial charge in [-0.1, -0.05) is 18.5 Å². The minimum Gasteiger partial charge on any atom is -0.444 e. The maximum absolute atomic E-state index is 12.1. The first-order valence-corrected chi connectivity index (χ1v) is 8.30. The van der Waals surface area contributed by atoms with Gasteiger partial charge in [0, 0.05) is 30.9 Å². The summed E-state index contributed by atoms with van der Waals surface area (Å²) in [6, 6.07) is 3.62. The van der Waals surface area contributed by atoms with Crippen LogP contribution in [0.4, 0.5) is 4.79 Å². The number of halogens is 1. The number of amides is 1. The van der Waals surface area contributed by atoms with Gasteiger partial charge in [-0.2, -0.15) is 0 Å². The van der Waals surface area contributed by atoms with Crippen molar-refractivity contribution in [2.45, 2.75) is 57.7 Å². The van der Waals surface area contributed by atoms with Gasteiger partial charge in [-0.3, -0.25) is 4.98 Å². The fraction of sp³-hybridized carbons (Fsp3) is 0.647. The summed E-state index contributed by atoms with van der Waals surface area (Å²) >= 11 is 5.86. The molecule has 1 unspecified atom stereocenters. The Morgan fingerprint density at radius 1 is 1.39 bits per heavy atom. The molecule has 2 rings (SSSR count). The van der Waals surface area contributed by atoms with Gasteiger partial charge in [0.1, 0.15) is 5.60 Å². The number of rotatable bonds is 2. The highest BCUT2D eigenvalue weighted by Gasteiger charge is 2.40. The number of carbonyl (C=O) groups excluding carboxylic acids is 1. The van der Waals surface area contributed by atoms with Crippen molar-refractivity contribution < 1.29 is 14.6 Å². The molecule has 0 saturated carbocycles. The Kier molecular flexibility index (Phi) is 5.21. The summed E-state index contributed by atoms with van der Waals surface area (Å²) in [7, 11) is 0. The molecule has 1 amide bonds. The van der Waals surface area contributed by atoms with Crippen molar-refractivity contribution >= 4 is 17.7 Å². The number of nitrogens with zero attached hydrogens (tertiary/aromatic N) is 2. The Labute approximate surface area is 142 Å². The van der Waals surface area contributed by atoms with Crippen LogP contribution in [0.3, 0.4) is 0 Å². The van der Waals surface area contributed by atoms with Crippen molar-refractivity contribution in [2.24, 2.45) is 0 Å². The van der Waals surface area contributed by atoms with Crippen molar-refractivity contribution in [1.29, 1.82) is 0 Å². The molecule has 0 aromatic carbocycles. The van der Waals surface area contributed by atoms with Crippen molar-refractivity contribution in [1.82, 2.24) is 9.88 Å². The maximum atomic E-state index is 12.1. The second kappa shape index (κ2) is 6.65. The van der Waals surface area contributed by atoms with Crippen molar-refractivity contribution in [3.63, 3.8) is 0 Å². The largest absolute Gasteiger partial charge is 0.444 e. The van der Waals surface area contributed by atoms with Gasteiger partial charge in [-0.05, 0) is 45.7 Å². The Morgan fingerprint density at radius 2 is 2.00 bits per heavy atom. The van der Waals surface area contributed by atoms with Crippen LogP contribution in [0.25, 0.3) is 0 Å². The average Bonchev–Trinajstić information content (AvgIpc) is 2.46. The molecule has 1 aromatic heterocycles. The van der Waals surface area contributed by atoms with E-state index in [1.165, 1.54) is 0 Å². The van der Waals surface area contributed by atoms with Crippen LogP contribution in [0, 0.1) is 0 Å². The zero-order valence-electron chi connectivity index (χ0n) is 14.2. The Hall–Kier alpha value is -1.33. The summed E-state index contributed by atoms with van der Waals surface area (Å²) in [5, 5.41) is 11.5. The van der Waals surface area contributed by atoms with Crippen molar-refractivity contribution in [2.75, 3.05) is 13.1 Å². The van der Waals surface area contributed by atoms with Gasteiger partial charge in [-0.25, -0.2) is 4.79 Å². The fourth-order valence-corrected chi connectivity index (χ4v) is 2.87. The van der Waals surface area contributed by atoms with Gasteiger partial charge in [0.2, 0.25) is 0 Å².